The van der Waals surface area contributed by atoms with E-state index >= 15 is 0 Å². The van der Waals surface area contributed by atoms with Crippen molar-refractivity contribution in [3.8, 4) is 0 Å². The zero-order chi connectivity index (χ0) is 81.6. The summed E-state index contributed by atoms with van der Waals surface area (Å²) < 4.78 is 58.6. The van der Waals surface area contributed by atoms with Crippen molar-refractivity contribution in [3.63, 3.8) is 0 Å². The zero-order valence-corrected chi connectivity index (χ0v) is 64.2. The molecule has 9 amide bonds. The Morgan fingerprint density at radius 3 is 1.27 bits per heavy atom. The van der Waals surface area contributed by atoms with Crippen LogP contribution in [0.5, 0.6) is 0 Å². The smallest absolute Gasteiger partial charge is 0.242 e. The number of hydrogen-bond acceptors (Lipinski definition) is 29. The number of amides is 9. The number of aromatic nitrogens is 1. The number of aliphatic hydroxyl groups excluding tert-OH is 10. The molecule has 3 aliphatic heterocycles. The lowest BCUT2D eigenvalue weighted by Gasteiger charge is -2.42. The third-order valence-corrected chi connectivity index (χ3v) is 18.1. The van der Waals surface area contributed by atoms with Crippen molar-refractivity contribution in [2.75, 3.05) is 112 Å². The molecule has 0 spiro atoms. The molecule has 5 rings (SSSR count). The average molecular weight is 1590 g/mol. The maximum atomic E-state index is 13.9. The van der Waals surface area contributed by atoms with Gasteiger partial charge in [0.15, 0.2) is 18.9 Å². The van der Waals surface area contributed by atoms with Gasteiger partial charge in [-0.05, 0) is 70.9 Å². The first-order valence-corrected chi connectivity index (χ1v) is 37.8. The molecular formula is C72H120N10O29. The number of fused-ring (bicyclic) bond motifs is 1. The highest BCUT2D eigenvalue weighted by Gasteiger charge is 2.48. The van der Waals surface area contributed by atoms with E-state index in [-0.39, 0.29) is 124 Å². The van der Waals surface area contributed by atoms with Crippen LogP contribution in [0.25, 0.3) is 10.9 Å². The Kier molecular flexibility index (Phi) is 43.1. The highest BCUT2D eigenvalue weighted by Crippen LogP contribution is 2.27. The molecule has 17 unspecified atom stereocenters. The van der Waals surface area contributed by atoms with Gasteiger partial charge in [0.25, 0.3) is 0 Å². The van der Waals surface area contributed by atoms with E-state index < -0.39 is 189 Å². The van der Waals surface area contributed by atoms with Crippen LogP contribution < -0.4 is 47.9 Å². The molecular weight excluding hydrogens is 1470 g/mol. The highest BCUT2D eigenvalue weighted by molar-refractivity contribution is 5.90. The fourth-order valence-corrected chi connectivity index (χ4v) is 12.6. The summed E-state index contributed by atoms with van der Waals surface area (Å²) in [5.41, 5.74) is 1.70. The van der Waals surface area contributed by atoms with Gasteiger partial charge in [0, 0.05) is 89.7 Å². The molecule has 0 aliphatic carbocycles. The Labute approximate surface area is 644 Å². The summed E-state index contributed by atoms with van der Waals surface area (Å²) in [7, 11) is 0. The summed E-state index contributed by atoms with van der Waals surface area (Å²) in [6.07, 6.45) is -12.5. The van der Waals surface area contributed by atoms with E-state index in [0.29, 0.717) is 51.6 Å². The zero-order valence-electron chi connectivity index (χ0n) is 64.2. The topological polar surface area (TPSA) is 561 Å². The molecule has 3 aliphatic rings. The van der Waals surface area contributed by atoms with E-state index in [2.05, 4.69) is 64.7 Å². The van der Waals surface area contributed by atoms with E-state index in [1.165, 1.54) is 20.8 Å². The monoisotopic (exact) mass is 1590 g/mol. The van der Waals surface area contributed by atoms with Crippen LogP contribution in [0.4, 0.5) is 0 Å². The molecule has 3 fully saturated rings. The lowest BCUT2D eigenvalue weighted by molar-refractivity contribution is -0.272. The molecule has 0 radical (unpaired) electrons. The van der Waals surface area contributed by atoms with Gasteiger partial charge < -0.3 is 151 Å². The van der Waals surface area contributed by atoms with Crippen molar-refractivity contribution < 1.29 is 142 Å². The SMILES string of the molecule is CC(=O)NC1C(OCCOCCNC(=O)CCC(NC(=O)CCC(NC(=O)CCCCCCC(=O)NCCCc2cn(C[C@H](CO)OC(C)(C)C)c3ccccc23)C(=O)NCCOCCOC2OC(CO)C(O)C(O)C2NC(C)=O)C(=O)NCCOCCOC2OC(CO)C(O)C(O)C2NC(C)=O)OC(CO)C(O)C1O. The standard InChI is InChI=1S/C72H120N10O29/c1-42(87)77-58-64(97)61(94)51(39-84)108-69(58)105-33-30-102-27-24-74-55(91)21-19-48(67(100)75-25-28-103-31-34-106-70-59(78-43(2)88)65(98)62(95)52(40-85)109-70)81-57(93)22-20-49(68(101)76-26-29-104-32-35-107-71-60(79-44(3)89)66(99)63(96)53(41-86)110-71)80-56(92)18-10-8-7-9-17-54(90)73-23-13-14-45-36-82(50-16-12-11-15-47(45)50)37-46(38-83)111-72(4,5)6/h11-12,15-16,36,46,48-49,51-53,58-66,69-71,83-86,94-99H,7-10,13-14,17-35,37-41H2,1-6H3,(H,73,90)(H,74,91)(H,75,100)(H,76,101)(H,77,87)(H,78,88)(H,79,89)(H,80,92)(H,81,93)/t46-,48?,49?,51?,52?,53?,58?,59?,60?,61?,62?,63?,64?,65?,66?,69?,70?,71?/m1/s1. The number of nitrogens with one attached hydrogen (secondary N) is 9. The maximum Gasteiger partial charge on any atom is 0.242 e. The van der Waals surface area contributed by atoms with Crippen LogP contribution in [0.15, 0.2) is 30.5 Å². The molecule has 111 heavy (non-hydrogen) atoms. The average Bonchev–Trinajstić information content (AvgIpc) is 1.79. The molecule has 1 aromatic heterocycles. The number of carbonyl (C=O) groups excluding carboxylic acids is 9. The minimum absolute atomic E-state index is 0.0215. The second kappa shape index (κ2) is 50.4. The Morgan fingerprint density at radius 2 is 0.856 bits per heavy atom. The normalized spacial score (nSPS) is 24.8. The van der Waals surface area contributed by atoms with Crippen molar-refractivity contribution in [2.45, 2.75) is 241 Å². The number of hydrogen-bond donors (Lipinski definition) is 19. The Hall–Kier alpha value is -6.81. The van der Waals surface area contributed by atoms with Crippen LogP contribution in [-0.2, 0) is 103 Å². The van der Waals surface area contributed by atoms with Gasteiger partial charge >= 0.3 is 0 Å². The third-order valence-electron chi connectivity index (χ3n) is 18.1. The summed E-state index contributed by atoms with van der Waals surface area (Å²) in [6, 6.07) is 1.78. The molecule has 39 nitrogen and oxygen atoms in total. The largest absolute Gasteiger partial charge is 0.394 e. The maximum absolute atomic E-state index is 13.9. The second-order valence-electron chi connectivity index (χ2n) is 28.2. The molecule has 19 N–H and O–H groups in total. The molecule has 1 aromatic carbocycles. The van der Waals surface area contributed by atoms with Gasteiger partial charge in [0.05, 0.1) is 104 Å². The first-order valence-electron chi connectivity index (χ1n) is 37.8. The van der Waals surface area contributed by atoms with E-state index in [4.69, 9.17) is 47.4 Å². The predicted octanol–water partition coefficient (Wildman–Crippen LogP) is -5.98. The van der Waals surface area contributed by atoms with Crippen LogP contribution in [0.2, 0.25) is 0 Å². The minimum Gasteiger partial charge on any atom is -0.394 e. The number of nitrogens with zero attached hydrogens (tertiary/aromatic N) is 1. The van der Waals surface area contributed by atoms with Crippen molar-refractivity contribution in [3.05, 3.63) is 36.0 Å². The first-order chi connectivity index (χ1) is 53.0. The van der Waals surface area contributed by atoms with E-state index in [9.17, 15) is 94.2 Å². The van der Waals surface area contributed by atoms with Gasteiger partial charge in [0.2, 0.25) is 53.2 Å². The van der Waals surface area contributed by atoms with E-state index in [1.54, 1.807) is 0 Å². The number of ether oxygens (including phenoxy) is 10. The van der Waals surface area contributed by atoms with Gasteiger partial charge in [-0.3, -0.25) is 43.2 Å². The van der Waals surface area contributed by atoms with Gasteiger partial charge in [-0.15, -0.1) is 0 Å². The van der Waals surface area contributed by atoms with Crippen LogP contribution in [-0.4, -0.2) is 337 Å². The number of unbranched alkanes of at least 4 members (excludes halogenated alkanes) is 3. The molecule has 18 atom stereocenters. The molecule has 2 aromatic rings. The molecule has 39 heteroatoms. The molecule has 632 valence electrons. The minimum atomic E-state index is -1.55. The Morgan fingerprint density at radius 1 is 0.468 bits per heavy atom. The Balaban J connectivity index is 1.15. The predicted molar refractivity (Wildman–Crippen MR) is 390 cm³/mol. The summed E-state index contributed by atoms with van der Waals surface area (Å²) >= 11 is 0. The number of benzene rings is 1. The molecule has 0 saturated carbocycles. The van der Waals surface area contributed by atoms with Gasteiger partial charge in [-0.2, -0.15) is 0 Å². The van der Waals surface area contributed by atoms with Crippen molar-refractivity contribution >= 4 is 64.1 Å². The van der Waals surface area contributed by atoms with Gasteiger partial charge in [-0.25, -0.2) is 0 Å². The number of aryl methyl sites for hydroxylation is 1. The number of carbonyl (C=O) groups is 9. The summed E-state index contributed by atoms with van der Waals surface area (Å²) in [6.45, 7) is 6.91. The van der Waals surface area contributed by atoms with Crippen molar-refractivity contribution in [1.82, 2.24) is 52.4 Å². The number of aliphatic hydroxyl groups is 10. The number of rotatable bonds is 52. The molecule has 0 bridgehead atoms. The number of para-hydroxylation sites is 1. The summed E-state index contributed by atoms with van der Waals surface area (Å²) in [5.74, 6) is -5.04. The van der Waals surface area contributed by atoms with Crippen LogP contribution in [0.1, 0.15) is 118 Å². The third kappa shape index (κ3) is 33.7. The van der Waals surface area contributed by atoms with E-state index in [1.807, 2.05) is 39.0 Å². The Bertz CT molecular complexity index is 3150. The van der Waals surface area contributed by atoms with Gasteiger partial charge in [0.1, 0.15) is 85.1 Å². The fourth-order valence-electron chi connectivity index (χ4n) is 12.6. The second-order valence-corrected chi connectivity index (χ2v) is 28.2. The lowest BCUT2D eigenvalue weighted by Crippen LogP contribution is -2.64. The van der Waals surface area contributed by atoms with Crippen molar-refractivity contribution in [2.24, 2.45) is 0 Å². The lowest BCUT2D eigenvalue weighted by atomic mass is 9.97. The summed E-state index contributed by atoms with van der Waals surface area (Å²) in [5, 5.41) is 126. The first kappa shape index (κ1) is 94.8. The molecule has 4 heterocycles. The fraction of sp³-hybridized carbons (Fsp3) is 0.764. The quantitative estimate of drug-likeness (QED) is 0.0274. The van der Waals surface area contributed by atoms with E-state index in [0.717, 1.165) is 16.5 Å². The van der Waals surface area contributed by atoms with Crippen molar-refractivity contribution in [1.29, 1.82) is 0 Å². The van der Waals surface area contributed by atoms with Gasteiger partial charge in [-0.1, -0.05) is 31.0 Å². The van der Waals surface area contributed by atoms with Crippen LogP contribution in [0, 0.1) is 0 Å². The highest BCUT2D eigenvalue weighted by atomic mass is 16.7. The van der Waals surface area contributed by atoms with Crippen LogP contribution >= 0.6 is 0 Å². The summed E-state index contributed by atoms with van der Waals surface area (Å²) in [4.78, 5) is 117. The van der Waals surface area contributed by atoms with Crippen LogP contribution in [0.3, 0.4) is 0 Å². The molecule has 3 saturated heterocycles.